The van der Waals surface area contributed by atoms with Gasteiger partial charge in [0.1, 0.15) is 0 Å². The van der Waals surface area contributed by atoms with E-state index in [0.29, 0.717) is 6.04 Å². The number of hydrazine groups is 1. The Hall–Kier alpha value is -0.810. The second-order valence-electron chi connectivity index (χ2n) is 5.16. The van der Waals surface area contributed by atoms with E-state index in [1.807, 2.05) is 6.92 Å². The van der Waals surface area contributed by atoms with Crippen molar-refractivity contribution < 1.29 is 4.74 Å². The van der Waals surface area contributed by atoms with Crippen LogP contribution in [-0.2, 0) is 4.74 Å². The minimum Gasteiger partial charge on any atom is -0.382 e. The summed E-state index contributed by atoms with van der Waals surface area (Å²) in [6.07, 6.45) is 8.79. The number of nitrogens with zero attached hydrogens (tertiary/aromatic N) is 2. The zero-order valence-electron chi connectivity index (χ0n) is 12.5. The van der Waals surface area contributed by atoms with Crippen molar-refractivity contribution in [3.05, 3.63) is 0 Å². The summed E-state index contributed by atoms with van der Waals surface area (Å²) in [4.78, 5) is 6.76. The molecule has 19 heavy (non-hydrogen) atoms. The van der Waals surface area contributed by atoms with Crippen LogP contribution in [0.2, 0.25) is 0 Å². The summed E-state index contributed by atoms with van der Waals surface area (Å²) in [7, 11) is 2.09. The van der Waals surface area contributed by atoms with Crippen LogP contribution in [0.5, 0.6) is 0 Å². The number of guanidine groups is 1. The minimum atomic E-state index is 0.573. The summed E-state index contributed by atoms with van der Waals surface area (Å²) in [5.41, 5.74) is 2.75. The van der Waals surface area contributed by atoms with Gasteiger partial charge in [-0.05, 0) is 26.2 Å². The molecule has 0 amide bonds. The third-order valence-electron chi connectivity index (χ3n) is 3.75. The molecule has 0 aromatic rings. The zero-order chi connectivity index (χ0) is 13.9. The fraction of sp³-hybridized carbons (Fsp3) is 0.929. The number of hydrogen-bond donors (Lipinski definition) is 2. The Bertz CT molecular complexity index is 250. The van der Waals surface area contributed by atoms with Gasteiger partial charge in [0.25, 0.3) is 0 Å². The highest BCUT2D eigenvalue weighted by atomic mass is 16.5. The normalized spacial score (nSPS) is 18.2. The van der Waals surface area contributed by atoms with Crippen molar-refractivity contribution in [3.63, 3.8) is 0 Å². The topological polar surface area (TPSA) is 62.9 Å². The molecule has 112 valence electrons. The highest BCUT2D eigenvalue weighted by molar-refractivity contribution is 5.79. The molecule has 0 atom stereocenters. The van der Waals surface area contributed by atoms with Crippen LogP contribution in [-0.4, -0.2) is 43.7 Å². The fourth-order valence-corrected chi connectivity index (χ4v) is 2.57. The van der Waals surface area contributed by atoms with E-state index in [4.69, 9.17) is 10.6 Å². The predicted molar refractivity (Wildman–Crippen MR) is 80.0 cm³/mol. The Morgan fingerprint density at radius 3 is 2.58 bits per heavy atom. The largest absolute Gasteiger partial charge is 0.382 e. The second-order valence-corrected chi connectivity index (χ2v) is 5.16. The van der Waals surface area contributed by atoms with Crippen LogP contribution in [0.4, 0.5) is 0 Å². The van der Waals surface area contributed by atoms with E-state index < -0.39 is 0 Å². The average Bonchev–Trinajstić information content (AvgIpc) is 2.71. The van der Waals surface area contributed by atoms with Gasteiger partial charge in [-0.15, -0.1) is 0 Å². The molecule has 0 aliphatic heterocycles. The molecule has 0 radical (unpaired) electrons. The van der Waals surface area contributed by atoms with Crippen LogP contribution < -0.4 is 11.3 Å². The first kappa shape index (κ1) is 16.2. The molecule has 0 unspecified atom stereocenters. The first-order valence-corrected chi connectivity index (χ1v) is 7.61. The molecule has 0 aromatic carbocycles. The van der Waals surface area contributed by atoms with Gasteiger partial charge in [-0.25, -0.2) is 5.84 Å². The number of aliphatic imine (C=N–C) groups is 1. The SMILES string of the molecule is CCOCCCN=C(NN)N(C)C1CCCCCC1. The number of rotatable bonds is 6. The number of nitrogens with two attached hydrogens (primary N) is 1. The van der Waals surface area contributed by atoms with Crippen LogP contribution in [0.15, 0.2) is 4.99 Å². The van der Waals surface area contributed by atoms with E-state index in [1.54, 1.807) is 0 Å². The molecule has 1 rings (SSSR count). The molecule has 3 N–H and O–H groups in total. The summed E-state index contributed by atoms with van der Waals surface area (Å²) in [6.45, 7) is 4.31. The smallest absolute Gasteiger partial charge is 0.208 e. The lowest BCUT2D eigenvalue weighted by Crippen LogP contribution is -2.47. The second kappa shape index (κ2) is 10.0. The average molecular weight is 270 g/mol. The molecule has 1 fully saturated rings. The monoisotopic (exact) mass is 270 g/mol. The van der Waals surface area contributed by atoms with Crippen molar-refractivity contribution in [2.45, 2.75) is 57.9 Å². The van der Waals surface area contributed by atoms with Gasteiger partial charge in [0.15, 0.2) is 0 Å². The van der Waals surface area contributed by atoms with Crippen LogP contribution in [0, 0.1) is 0 Å². The number of ether oxygens (including phenoxy) is 1. The molecule has 0 heterocycles. The lowest BCUT2D eigenvalue weighted by atomic mass is 10.1. The van der Waals surface area contributed by atoms with Gasteiger partial charge < -0.3 is 9.64 Å². The van der Waals surface area contributed by atoms with Crippen LogP contribution in [0.25, 0.3) is 0 Å². The Labute approximate surface area is 117 Å². The molecule has 1 saturated carbocycles. The van der Waals surface area contributed by atoms with Gasteiger partial charge in [-0.3, -0.25) is 10.4 Å². The predicted octanol–water partition coefficient (Wildman–Crippen LogP) is 1.89. The lowest BCUT2D eigenvalue weighted by molar-refractivity contribution is 0.146. The van der Waals surface area contributed by atoms with E-state index in [9.17, 15) is 0 Å². The van der Waals surface area contributed by atoms with E-state index in [1.165, 1.54) is 38.5 Å². The van der Waals surface area contributed by atoms with Gasteiger partial charge in [0.2, 0.25) is 5.96 Å². The molecular formula is C14H30N4O. The molecule has 0 spiro atoms. The molecule has 5 nitrogen and oxygen atoms in total. The Morgan fingerprint density at radius 2 is 2.00 bits per heavy atom. The third-order valence-corrected chi connectivity index (χ3v) is 3.75. The summed E-state index contributed by atoms with van der Waals surface area (Å²) < 4.78 is 5.31. The Morgan fingerprint density at radius 1 is 1.32 bits per heavy atom. The quantitative estimate of drug-likeness (QED) is 0.193. The van der Waals surface area contributed by atoms with Crippen LogP contribution in [0.1, 0.15) is 51.9 Å². The zero-order valence-corrected chi connectivity index (χ0v) is 12.5. The maximum atomic E-state index is 5.61. The van der Waals surface area contributed by atoms with Gasteiger partial charge in [0, 0.05) is 32.8 Å². The third kappa shape index (κ3) is 6.25. The van der Waals surface area contributed by atoms with E-state index in [-0.39, 0.29) is 0 Å². The molecule has 5 heteroatoms. The minimum absolute atomic E-state index is 0.573. The molecule has 0 aromatic heterocycles. The number of hydrogen-bond acceptors (Lipinski definition) is 3. The summed E-state index contributed by atoms with van der Waals surface area (Å²) in [6, 6.07) is 0.573. The van der Waals surface area contributed by atoms with E-state index in [0.717, 1.165) is 32.1 Å². The van der Waals surface area contributed by atoms with Crippen molar-refractivity contribution in [3.8, 4) is 0 Å². The Kier molecular flexibility index (Phi) is 8.58. The van der Waals surface area contributed by atoms with Gasteiger partial charge in [-0.1, -0.05) is 25.7 Å². The van der Waals surface area contributed by atoms with Crippen molar-refractivity contribution in [1.29, 1.82) is 0 Å². The summed E-state index contributed by atoms with van der Waals surface area (Å²) in [5.74, 6) is 6.42. The molecule has 1 aliphatic rings. The summed E-state index contributed by atoms with van der Waals surface area (Å²) >= 11 is 0. The van der Waals surface area contributed by atoms with Gasteiger partial charge in [0.05, 0.1) is 0 Å². The molecular weight excluding hydrogens is 240 g/mol. The maximum absolute atomic E-state index is 5.61. The first-order valence-electron chi connectivity index (χ1n) is 7.61. The fourth-order valence-electron chi connectivity index (χ4n) is 2.57. The lowest BCUT2D eigenvalue weighted by Gasteiger charge is -2.29. The van der Waals surface area contributed by atoms with Crippen molar-refractivity contribution in [2.75, 3.05) is 26.8 Å². The highest BCUT2D eigenvalue weighted by Gasteiger charge is 2.19. The van der Waals surface area contributed by atoms with Crippen molar-refractivity contribution in [1.82, 2.24) is 10.3 Å². The summed E-state index contributed by atoms with van der Waals surface area (Å²) in [5, 5.41) is 0. The first-order chi connectivity index (χ1) is 9.29. The van der Waals surface area contributed by atoms with E-state index in [2.05, 4.69) is 22.4 Å². The van der Waals surface area contributed by atoms with Crippen LogP contribution >= 0.6 is 0 Å². The molecule has 1 aliphatic carbocycles. The van der Waals surface area contributed by atoms with Crippen molar-refractivity contribution >= 4 is 5.96 Å². The molecule has 0 saturated heterocycles. The molecule has 0 bridgehead atoms. The maximum Gasteiger partial charge on any atom is 0.208 e. The highest BCUT2D eigenvalue weighted by Crippen LogP contribution is 2.20. The Balaban J connectivity index is 2.40. The number of nitrogens with one attached hydrogen (secondary N) is 1. The van der Waals surface area contributed by atoms with Gasteiger partial charge >= 0.3 is 0 Å². The van der Waals surface area contributed by atoms with E-state index >= 15 is 0 Å². The standard InChI is InChI=1S/C14H30N4O/c1-3-19-12-8-11-16-14(17-15)18(2)13-9-6-4-5-7-10-13/h13H,3-12,15H2,1-2H3,(H,16,17). The van der Waals surface area contributed by atoms with Crippen molar-refractivity contribution in [2.24, 2.45) is 10.8 Å². The van der Waals surface area contributed by atoms with Crippen LogP contribution in [0.3, 0.4) is 0 Å². The van der Waals surface area contributed by atoms with Gasteiger partial charge in [-0.2, -0.15) is 0 Å².